The number of hydrogen-bond donors (Lipinski definition) is 2. The molecule has 0 aliphatic rings. The fourth-order valence-corrected chi connectivity index (χ4v) is 1.09. The first-order valence-corrected chi connectivity index (χ1v) is 4.57. The van der Waals surface area contributed by atoms with Gasteiger partial charge in [-0.2, -0.15) is 13.2 Å². The van der Waals surface area contributed by atoms with Gasteiger partial charge < -0.3 is 10.4 Å². The van der Waals surface area contributed by atoms with Crippen LogP contribution in [0.1, 0.15) is 27.2 Å². The standard InChI is InChI=1S/C9H16F3NO2/c1-8(2,3)6(4-5-14)13-7(15)9(10,11)12/h6,14H,4-5H2,1-3H3,(H,13,15). The Labute approximate surface area is 86.7 Å². The van der Waals surface area contributed by atoms with E-state index in [1.54, 1.807) is 20.8 Å². The first-order valence-electron chi connectivity index (χ1n) is 4.57. The number of aliphatic hydroxyl groups excluding tert-OH is 1. The van der Waals surface area contributed by atoms with Gasteiger partial charge in [-0.05, 0) is 11.8 Å². The Bertz CT molecular complexity index is 220. The molecule has 90 valence electrons. The van der Waals surface area contributed by atoms with Crippen molar-refractivity contribution in [2.75, 3.05) is 6.61 Å². The predicted molar refractivity (Wildman–Crippen MR) is 49.1 cm³/mol. The van der Waals surface area contributed by atoms with Crippen molar-refractivity contribution >= 4 is 5.91 Å². The normalized spacial score (nSPS) is 14.9. The highest BCUT2D eigenvalue weighted by Crippen LogP contribution is 2.23. The number of nitrogens with one attached hydrogen (secondary N) is 1. The van der Waals surface area contributed by atoms with E-state index < -0.39 is 23.5 Å². The Morgan fingerprint density at radius 1 is 1.33 bits per heavy atom. The number of hydrogen-bond acceptors (Lipinski definition) is 2. The lowest BCUT2D eigenvalue weighted by atomic mass is 9.85. The fourth-order valence-electron chi connectivity index (χ4n) is 1.09. The van der Waals surface area contributed by atoms with Crippen molar-refractivity contribution < 1.29 is 23.1 Å². The maximum Gasteiger partial charge on any atom is 0.471 e. The maximum atomic E-state index is 12.0. The average molecular weight is 227 g/mol. The number of carbonyl (C=O) groups is 1. The Morgan fingerprint density at radius 2 is 1.80 bits per heavy atom. The second-order valence-electron chi connectivity index (χ2n) is 4.40. The molecule has 0 heterocycles. The van der Waals surface area contributed by atoms with E-state index in [0.717, 1.165) is 0 Å². The van der Waals surface area contributed by atoms with Gasteiger partial charge in [-0.25, -0.2) is 0 Å². The van der Waals surface area contributed by atoms with Crippen LogP contribution in [0.5, 0.6) is 0 Å². The second-order valence-corrected chi connectivity index (χ2v) is 4.40. The molecule has 2 N–H and O–H groups in total. The van der Waals surface area contributed by atoms with E-state index in [1.165, 1.54) is 0 Å². The predicted octanol–water partition coefficient (Wildman–Crippen LogP) is 1.46. The van der Waals surface area contributed by atoms with E-state index in [0.29, 0.717) is 0 Å². The van der Waals surface area contributed by atoms with Crippen LogP contribution >= 0.6 is 0 Å². The molecular weight excluding hydrogens is 211 g/mol. The minimum Gasteiger partial charge on any atom is -0.396 e. The molecule has 0 radical (unpaired) electrons. The molecule has 0 saturated carbocycles. The Hall–Kier alpha value is -0.780. The van der Waals surface area contributed by atoms with Crippen LogP contribution < -0.4 is 5.32 Å². The number of alkyl halides is 3. The summed E-state index contributed by atoms with van der Waals surface area (Å²) >= 11 is 0. The summed E-state index contributed by atoms with van der Waals surface area (Å²) in [6, 6.07) is -0.698. The molecule has 0 bridgehead atoms. The van der Waals surface area contributed by atoms with Crippen molar-refractivity contribution in [3.05, 3.63) is 0 Å². The smallest absolute Gasteiger partial charge is 0.396 e. The summed E-state index contributed by atoms with van der Waals surface area (Å²) in [6.45, 7) is 4.83. The van der Waals surface area contributed by atoms with Gasteiger partial charge >= 0.3 is 12.1 Å². The molecule has 0 aromatic heterocycles. The molecule has 0 aromatic rings. The third kappa shape index (κ3) is 5.01. The molecule has 0 aromatic carbocycles. The number of amides is 1. The van der Waals surface area contributed by atoms with Crippen LogP contribution in [0.3, 0.4) is 0 Å². The van der Waals surface area contributed by atoms with Crippen LogP contribution in [-0.2, 0) is 4.79 Å². The summed E-state index contributed by atoms with van der Waals surface area (Å²) in [6.07, 6.45) is -4.77. The first kappa shape index (κ1) is 14.2. The van der Waals surface area contributed by atoms with Crippen LogP contribution in [0.4, 0.5) is 13.2 Å². The fraction of sp³-hybridized carbons (Fsp3) is 0.889. The summed E-state index contributed by atoms with van der Waals surface area (Å²) < 4.78 is 35.9. The molecule has 0 rings (SSSR count). The van der Waals surface area contributed by atoms with E-state index in [4.69, 9.17) is 5.11 Å². The number of carbonyl (C=O) groups excluding carboxylic acids is 1. The lowest BCUT2D eigenvalue weighted by Crippen LogP contribution is -2.49. The molecule has 0 aliphatic heterocycles. The summed E-state index contributed by atoms with van der Waals surface area (Å²) in [4.78, 5) is 10.7. The van der Waals surface area contributed by atoms with Gasteiger partial charge in [0.25, 0.3) is 0 Å². The molecule has 6 heteroatoms. The Balaban J connectivity index is 4.50. The highest BCUT2D eigenvalue weighted by atomic mass is 19.4. The number of rotatable bonds is 3. The SMILES string of the molecule is CC(C)(C)C(CCO)NC(=O)C(F)(F)F. The lowest BCUT2D eigenvalue weighted by molar-refractivity contribution is -0.175. The van der Waals surface area contributed by atoms with Crippen molar-refractivity contribution in [1.82, 2.24) is 5.32 Å². The highest BCUT2D eigenvalue weighted by Gasteiger charge is 2.41. The van der Waals surface area contributed by atoms with Crippen molar-refractivity contribution in [2.24, 2.45) is 5.41 Å². The van der Waals surface area contributed by atoms with Crippen LogP contribution in [0, 0.1) is 5.41 Å². The molecule has 3 nitrogen and oxygen atoms in total. The van der Waals surface area contributed by atoms with Crippen LogP contribution in [0.15, 0.2) is 0 Å². The van der Waals surface area contributed by atoms with Gasteiger partial charge in [0, 0.05) is 12.6 Å². The molecular formula is C9H16F3NO2. The Morgan fingerprint density at radius 3 is 2.07 bits per heavy atom. The summed E-state index contributed by atoms with van der Waals surface area (Å²) in [7, 11) is 0. The molecule has 1 unspecified atom stereocenters. The number of halogens is 3. The van der Waals surface area contributed by atoms with Crippen molar-refractivity contribution in [2.45, 2.75) is 39.4 Å². The summed E-state index contributed by atoms with van der Waals surface area (Å²) in [5.74, 6) is -1.96. The monoisotopic (exact) mass is 227 g/mol. The van der Waals surface area contributed by atoms with E-state index in [-0.39, 0.29) is 13.0 Å². The molecule has 0 aliphatic carbocycles. The zero-order chi connectivity index (χ0) is 12.3. The first-order chi connectivity index (χ1) is 6.59. The average Bonchev–Trinajstić information content (AvgIpc) is 1.99. The van der Waals surface area contributed by atoms with Crippen LogP contribution in [-0.4, -0.2) is 29.8 Å². The minimum absolute atomic E-state index is 0.103. The topological polar surface area (TPSA) is 49.3 Å². The van der Waals surface area contributed by atoms with Gasteiger partial charge in [0.05, 0.1) is 0 Å². The maximum absolute atomic E-state index is 12.0. The van der Waals surface area contributed by atoms with Crippen LogP contribution in [0.25, 0.3) is 0 Å². The van der Waals surface area contributed by atoms with E-state index in [9.17, 15) is 18.0 Å². The molecule has 0 spiro atoms. The van der Waals surface area contributed by atoms with Crippen LogP contribution in [0.2, 0.25) is 0 Å². The minimum atomic E-state index is -4.88. The zero-order valence-corrected chi connectivity index (χ0v) is 8.98. The second kappa shape index (κ2) is 4.83. The van der Waals surface area contributed by atoms with Crippen molar-refractivity contribution in [3.63, 3.8) is 0 Å². The lowest BCUT2D eigenvalue weighted by Gasteiger charge is -2.31. The van der Waals surface area contributed by atoms with Gasteiger partial charge in [-0.15, -0.1) is 0 Å². The molecule has 1 atom stereocenters. The quantitative estimate of drug-likeness (QED) is 0.766. The van der Waals surface area contributed by atoms with E-state index in [2.05, 4.69) is 0 Å². The molecule has 0 fully saturated rings. The van der Waals surface area contributed by atoms with E-state index in [1.807, 2.05) is 5.32 Å². The van der Waals surface area contributed by atoms with Gasteiger partial charge in [-0.3, -0.25) is 4.79 Å². The summed E-state index contributed by atoms with van der Waals surface area (Å²) in [5, 5.41) is 10.6. The summed E-state index contributed by atoms with van der Waals surface area (Å²) in [5.41, 5.74) is -0.524. The number of aliphatic hydroxyl groups is 1. The van der Waals surface area contributed by atoms with Crippen molar-refractivity contribution in [3.8, 4) is 0 Å². The Kier molecular flexibility index (Phi) is 4.58. The third-order valence-corrected chi connectivity index (χ3v) is 2.03. The highest BCUT2D eigenvalue weighted by molar-refractivity contribution is 5.82. The van der Waals surface area contributed by atoms with Gasteiger partial charge in [0.1, 0.15) is 0 Å². The van der Waals surface area contributed by atoms with Gasteiger partial charge in [-0.1, -0.05) is 20.8 Å². The van der Waals surface area contributed by atoms with Gasteiger partial charge in [0.2, 0.25) is 0 Å². The molecule has 1 amide bonds. The molecule has 0 saturated heterocycles. The van der Waals surface area contributed by atoms with E-state index >= 15 is 0 Å². The molecule has 15 heavy (non-hydrogen) atoms. The van der Waals surface area contributed by atoms with Crippen molar-refractivity contribution in [1.29, 1.82) is 0 Å². The zero-order valence-electron chi connectivity index (χ0n) is 8.98. The van der Waals surface area contributed by atoms with Gasteiger partial charge in [0.15, 0.2) is 0 Å². The largest absolute Gasteiger partial charge is 0.471 e. The third-order valence-electron chi connectivity index (χ3n) is 2.03.